The summed E-state index contributed by atoms with van der Waals surface area (Å²) in [6, 6.07) is 2.02. The minimum absolute atomic E-state index is 0.0288. The molecule has 0 aromatic carbocycles. The quantitative estimate of drug-likeness (QED) is 0.869. The third-order valence-corrected chi connectivity index (χ3v) is 3.25. The molecule has 2 aromatic heterocycles. The van der Waals surface area contributed by atoms with Crippen molar-refractivity contribution in [3.63, 3.8) is 0 Å². The first-order valence-corrected chi connectivity index (χ1v) is 6.52. The number of ether oxygens (including phenoxy) is 1. The van der Waals surface area contributed by atoms with Gasteiger partial charge in [-0.1, -0.05) is 6.92 Å². The van der Waals surface area contributed by atoms with Crippen molar-refractivity contribution in [1.29, 1.82) is 0 Å². The fraction of sp³-hybridized carbons (Fsp3) is 0.500. The molecule has 104 valence electrons. The van der Waals surface area contributed by atoms with Crippen molar-refractivity contribution in [2.75, 3.05) is 13.7 Å². The Hall–Kier alpha value is -1.75. The van der Waals surface area contributed by atoms with Crippen LogP contribution in [-0.4, -0.2) is 23.4 Å². The van der Waals surface area contributed by atoms with Crippen molar-refractivity contribution in [3.8, 4) is 5.75 Å². The summed E-state index contributed by atoms with van der Waals surface area (Å²) < 4.78 is 12.7. The minimum atomic E-state index is 0.0288. The van der Waals surface area contributed by atoms with Crippen molar-refractivity contribution < 1.29 is 9.15 Å². The van der Waals surface area contributed by atoms with Crippen LogP contribution >= 0.6 is 0 Å². The third-order valence-electron chi connectivity index (χ3n) is 3.25. The summed E-state index contributed by atoms with van der Waals surface area (Å²) in [4.78, 5) is 0. The Morgan fingerprint density at radius 2 is 2.32 bits per heavy atom. The molecule has 2 aromatic rings. The summed E-state index contributed by atoms with van der Waals surface area (Å²) >= 11 is 0. The van der Waals surface area contributed by atoms with Crippen molar-refractivity contribution >= 4 is 0 Å². The highest BCUT2D eigenvalue weighted by molar-refractivity contribution is 5.37. The zero-order chi connectivity index (χ0) is 13.8. The van der Waals surface area contributed by atoms with Crippen LogP contribution in [0.2, 0.25) is 0 Å². The van der Waals surface area contributed by atoms with Crippen LogP contribution in [0.1, 0.15) is 36.4 Å². The average molecular weight is 263 g/mol. The van der Waals surface area contributed by atoms with Gasteiger partial charge in [0.15, 0.2) is 5.75 Å². The lowest BCUT2D eigenvalue weighted by Crippen LogP contribution is -2.26. The first-order valence-electron chi connectivity index (χ1n) is 6.52. The van der Waals surface area contributed by atoms with Crippen LogP contribution < -0.4 is 10.1 Å². The maximum absolute atomic E-state index is 5.43. The van der Waals surface area contributed by atoms with E-state index in [2.05, 4.69) is 17.3 Å². The van der Waals surface area contributed by atoms with E-state index in [-0.39, 0.29) is 6.04 Å². The predicted molar refractivity (Wildman–Crippen MR) is 73.3 cm³/mol. The molecule has 0 saturated heterocycles. The number of furan rings is 1. The monoisotopic (exact) mass is 263 g/mol. The van der Waals surface area contributed by atoms with Gasteiger partial charge in [0.25, 0.3) is 0 Å². The Bertz CT molecular complexity index is 531. The van der Waals surface area contributed by atoms with Crippen LogP contribution in [0.25, 0.3) is 0 Å². The minimum Gasteiger partial charge on any atom is -0.493 e. The Kier molecular flexibility index (Phi) is 4.27. The van der Waals surface area contributed by atoms with Gasteiger partial charge in [-0.2, -0.15) is 5.10 Å². The van der Waals surface area contributed by atoms with Crippen molar-refractivity contribution in [3.05, 3.63) is 35.5 Å². The summed E-state index contributed by atoms with van der Waals surface area (Å²) in [6.45, 7) is 5.04. The Morgan fingerprint density at radius 3 is 2.89 bits per heavy atom. The second-order valence-corrected chi connectivity index (χ2v) is 4.54. The summed E-state index contributed by atoms with van der Waals surface area (Å²) in [5.41, 5.74) is 2.14. The van der Waals surface area contributed by atoms with Gasteiger partial charge in [-0.05, 0) is 26.0 Å². The van der Waals surface area contributed by atoms with Crippen molar-refractivity contribution in [1.82, 2.24) is 15.1 Å². The van der Waals surface area contributed by atoms with E-state index in [1.54, 1.807) is 19.6 Å². The maximum Gasteiger partial charge on any atom is 0.161 e. The number of hydrogen-bond acceptors (Lipinski definition) is 4. The molecule has 0 fully saturated rings. The molecule has 2 rings (SSSR count). The fourth-order valence-corrected chi connectivity index (χ4v) is 2.25. The number of aromatic nitrogens is 2. The normalized spacial score (nSPS) is 12.6. The Balaban J connectivity index is 2.42. The smallest absolute Gasteiger partial charge is 0.161 e. The molecule has 0 spiro atoms. The SMILES string of the molecule is CCCNC(c1ccoc1C)c1c(OC)cnn1C. The van der Waals surface area contributed by atoms with Crippen LogP contribution in [0.3, 0.4) is 0 Å². The predicted octanol–water partition coefficient (Wildman–Crippen LogP) is 2.42. The molecule has 0 radical (unpaired) electrons. The largest absolute Gasteiger partial charge is 0.493 e. The number of hydrogen-bond donors (Lipinski definition) is 1. The van der Waals surface area contributed by atoms with Crippen LogP contribution in [0.15, 0.2) is 22.9 Å². The number of aryl methyl sites for hydroxylation is 2. The molecule has 1 N–H and O–H groups in total. The molecule has 1 atom stereocenters. The van der Waals surface area contributed by atoms with Gasteiger partial charge in [-0.15, -0.1) is 0 Å². The van der Waals surface area contributed by atoms with Crippen LogP contribution in [0.5, 0.6) is 5.75 Å². The molecular formula is C14H21N3O2. The molecule has 19 heavy (non-hydrogen) atoms. The highest BCUT2D eigenvalue weighted by Crippen LogP contribution is 2.31. The second-order valence-electron chi connectivity index (χ2n) is 4.54. The number of nitrogens with one attached hydrogen (secondary N) is 1. The van der Waals surface area contributed by atoms with Crippen LogP contribution in [0, 0.1) is 6.92 Å². The van der Waals surface area contributed by atoms with Gasteiger partial charge in [0, 0.05) is 12.6 Å². The first kappa shape index (κ1) is 13.7. The van der Waals surface area contributed by atoms with Crippen LogP contribution in [0.4, 0.5) is 0 Å². The molecule has 0 saturated carbocycles. The van der Waals surface area contributed by atoms with Gasteiger partial charge in [-0.3, -0.25) is 4.68 Å². The van der Waals surface area contributed by atoms with E-state index in [9.17, 15) is 0 Å². The van der Waals surface area contributed by atoms with Gasteiger partial charge < -0.3 is 14.5 Å². The number of rotatable bonds is 6. The molecule has 0 aliphatic rings. The molecule has 5 nitrogen and oxygen atoms in total. The standard InChI is InChI=1S/C14H21N3O2/c1-5-7-15-13(11-6-8-19-10(11)2)14-12(18-4)9-16-17(14)3/h6,8-9,13,15H,5,7H2,1-4H3. The third kappa shape index (κ3) is 2.66. The fourth-order valence-electron chi connectivity index (χ4n) is 2.25. The first-order chi connectivity index (χ1) is 9.19. The van der Waals surface area contributed by atoms with Crippen molar-refractivity contribution in [2.24, 2.45) is 7.05 Å². The van der Waals surface area contributed by atoms with E-state index in [0.29, 0.717) is 0 Å². The average Bonchev–Trinajstić information content (AvgIpc) is 2.98. The molecule has 5 heteroatoms. The molecule has 2 heterocycles. The molecular weight excluding hydrogens is 242 g/mol. The summed E-state index contributed by atoms with van der Waals surface area (Å²) in [5, 5.41) is 7.81. The molecule has 0 bridgehead atoms. The lowest BCUT2D eigenvalue weighted by atomic mass is 10.0. The summed E-state index contributed by atoms with van der Waals surface area (Å²) in [5.74, 6) is 1.70. The lowest BCUT2D eigenvalue weighted by Gasteiger charge is -2.19. The zero-order valence-electron chi connectivity index (χ0n) is 11.9. The molecule has 0 aliphatic carbocycles. The van der Waals surface area contributed by atoms with Gasteiger partial charge in [0.1, 0.15) is 11.5 Å². The zero-order valence-corrected chi connectivity index (χ0v) is 11.9. The second kappa shape index (κ2) is 5.93. The van der Waals surface area contributed by atoms with Gasteiger partial charge in [0.05, 0.1) is 25.6 Å². The van der Waals surface area contributed by atoms with Gasteiger partial charge >= 0.3 is 0 Å². The number of methoxy groups -OCH3 is 1. The van der Waals surface area contributed by atoms with E-state index in [1.165, 1.54) is 0 Å². The van der Waals surface area contributed by atoms with E-state index in [0.717, 1.165) is 35.7 Å². The topological polar surface area (TPSA) is 52.2 Å². The van der Waals surface area contributed by atoms with Crippen molar-refractivity contribution in [2.45, 2.75) is 26.3 Å². The highest BCUT2D eigenvalue weighted by atomic mass is 16.5. The summed E-state index contributed by atoms with van der Waals surface area (Å²) in [7, 11) is 3.59. The molecule has 0 amide bonds. The number of nitrogens with zero attached hydrogens (tertiary/aromatic N) is 2. The van der Waals surface area contributed by atoms with Crippen LogP contribution in [-0.2, 0) is 7.05 Å². The van der Waals surface area contributed by atoms with E-state index < -0.39 is 0 Å². The lowest BCUT2D eigenvalue weighted by molar-refractivity contribution is 0.399. The summed E-state index contributed by atoms with van der Waals surface area (Å²) in [6.07, 6.45) is 4.52. The van der Waals surface area contributed by atoms with E-state index in [1.807, 2.05) is 24.7 Å². The Labute approximate surface area is 113 Å². The maximum atomic E-state index is 5.43. The molecule has 1 unspecified atom stereocenters. The van der Waals surface area contributed by atoms with Gasteiger partial charge in [0.2, 0.25) is 0 Å². The molecule has 0 aliphatic heterocycles. The highest BCUT2D eigenvalue weighted by Gasteiger charge is 2.24. The van der Waals surface area contributed by atoms with E-state index >= 15 is 0 Å². The van der Waals surface area contributed by atoms with E-state index in [4.69, 9.17) is 9.15 Å². The van der Waals surface area contributed by atoms with Gasteiger partial charge in [-0.25, -0.2) is 0 Å². The Morgan fingerprint density at radius 1 is 1.53 bits per heavy atom.